The van der Waals surface area contributed by atoms with E-state index in [1.54, 1.807) is 6.92 Å². The number of halogens is 2. The van der Waals surface area contributed by atoms with Crippen molar-refractivity contribution < 1.29 is 22.7 Å². The number of benzene rings is 1. The van der Waals surface area contributed by atoms with Crippen molar-refractivity contribution in [3.63, 3.8) is 0 Å². The molecule has 112 valence electrons. The van der Waals surface area contributed by atoms with Gasteiger partial charge in [-0.25, -0.2) is 17.5 Å². The van der Waals surface area contributed by atoms with E-state index >= 15 is 0 Å². The van der Waals surface area contributed by atoms with Crippen LogP contribution in [0.1, 0.15) is 25.3 Å². The van der Waals surface area contributed by atoms with Crippen molar-refractivity contribution in [3.05, 3.63) is 34.6 Å². The number of carboxylic acids is 1. The van der Waals surface area contributed by atoms with Gasteiger partial charge in [0.25, 0.3) is 0 Å². The molecule has 1 atom stereocenters. The van der Waals surface area contributed by atoms with Crippen molar-refractivity contribution in [1.82, 2.24) is 4.72 Å². The summed E-state index contributed by atoms with van der Waals surface area (Å²) >= 11 is 5.68. The maximum absolute atomic E-state index is 13.5. The van der Waals surface area contributed by atoms with Crippen molar-refractivity contribution >= 4 is 27.6 Å². The van der Waals surface area contributed by atoms with Gasteiger partial charge < -0.3 is 5.11 Å². The molecule has 20 heavy (non-hydrogen) atoms. The Morgan fingerprint density at radius 1 is 1.50 bits per heavy atom. The van der Waals surface area contributed by atoms with E-state index in [1.165, 1.54) is 12.1 Å². The molecule has 0 spiro atoms. The third kappa shape index (κ3) is 5.07. The number of carbonyl (C=O) groups is 1. The lowest BCUT2D eigenvalue weighted by Crippen LogP contribution is -2.41. The van der Waals surface area contributed by atoms with Crippen LogP contribution in [0.3, 0.4) is 0 Å². The van der Waals surface area contributed by atoms with Gasteiger partial charge in [-0.1, -0.05) is 24.9 Å². The van der Waals surface area contributed by atoms with Crippen LogP contribution < -0.4 is 4.72 Å². The van der Waals surface area contributed by atoms with Gasteiger partial charge in [0.05, 0.1) is 5.75 Å². The third-order valence-corrected chi connectivity index (χ3v) is 4.12. The standard InChI is InChI=1S/C12H15ClFNO4S/c1-2-3-11(12(16)17)15-20(18,19)7-8-6-9(13)4-5-10(8)14/h4-6,11,15H,2-3,7H2,1H3,(H,16,17). The molecule has 2 N–H and O–H groups in total. The van der Waals surface area contributed by atoms with Gasteiger partial charge in [0, 0.05) is 10.6 Å². The fourth-order valence-corrected chi connectivity index (χ4v) is 3.20. The molecule has 1 unspecified atom stereocenters. The predicted molar refractivity (Wildman–Crippen MR) is 73.5 cm³/mol. The van der Waals surface area contributed by atoms with Gasteiger partial charge in [-0.2, -0.15) is 0 Å². The number of nitrogens with one attached hydrogen (secondary N) is 1. The molecule has 0 saturated carbocycles. The van der Waals surface area contributed by atoms with Crippen molar-refractivity contribution in [3.8, 4) is 0 Å². The minimum absolute atomic E-state index is 0.106. The quantitative estimate of drug-likeness (QED) is 0.805. The molecule has 1 aromatic carbocycles. The first-order chi connectivity index (χ1) is 9.25. The first-order valence-electron chi connectivity index (χ1n) is 5.92. The van der Waals surface area contributed by atoms with Crippen LogP contribution in [-0.2, 0) is 20.6 Å². The second kappa shape index (κ2) is 7.01. The Bertz CT molecular complexity index is 591. The average molecular weight is 324 g/mol. The summed E-state index contributed by atoms with van der Waals surface area (Å²) in [5.41, 5.74) is -0.106. The first kappa shape index (κ1) is 16.9. The zero-order chi connectivity index (χ0) is 15.3. The van der Waals surface area contributed by atoms with Gasteiger partial charge >= 0.3 is 5.97 Å². The van der Waals surface area contributed by atoms with Gasteiger partial charge in [0.15, 0.2) is 0 Å². The molecule has 0 amide bonds. The van der Waals surface area contributed by atoms with Crippen LogP contribution in [0, 0.1) is 5.82 Å². The van der Waals surface area contributed by atoms with Crippen molar-refractivity contribution in [2.24, 2.45) is 0 Å². The van der Waals surface area contributed by atoms with Gasteiger partial charge in [-0.15, -0.1) is 0 Å². The summed E-state index contributed by atoms with van der Waals surface area (Å²) in [4.78, 5) is 10.9. The van der Waals surface area contributed by atoms with E-state index in [4.69, 9.17) is 16.7 Å². The van der Waals surface area contributed by atoms with E-state index < -0.39 is 33.6 Å². The monoisotopic (exact) mass is 323 g/mol. The summed E-state index contributed by atoms with van der Waals surface area (Å²) in [5, 5.41) is 9.12. The van der Waals surface area contributed by atoms with Crippen LogP contribution in [0.15, 0.2) is 18.2 Å². The fourth-order valence-electron chi connectivity index (χ4n) is 1.64. The van der Waals surface area contributed by atoms with E-state index in [1.807, 2.05) is 0 Å². The molecule has 0 fully saturated rings. The molecule has 1 rings (SSSR count). The molecular formula is C12H15ClFNO4S. The summed E-state index contributed by atoms with van der Waals surface area (Å²) < 4.78 is 39.3. The molecule has 0 aliphatic rings. The summed E-state index contributed by atoms with van der Waals surface area (Å²) in [7, 11) is -3.97. The lowest BCUT2D eigenvalue weighted by Gasteiger charge is -2.14. The van der Waals surface area contributed by atoms with Crippen LogP contribution >= 0.6 is 11.6 Å². The summed E-state index contributed by atoms with van der Waals surface area (Å²) in [6.07, 6.45) is 0.664. The number of carboxylic acid groups (broad SMARTS) is 1. The number of sulfonamides is 1. The zero-order valence-corrected chi connectivity index (χ0v) is 12.3. The highest BCUT2D eigenvalue weighted by molar-refractivity contribution is 7.88. The summed E-state index contributed by atoms with van der Waals surface area (Å²) in [6, 6.07) is 2.35. The molecule has 0 radical (unpaired) electrons. The van der Waals surface area contributed by atoms with Gasteiger partial charge in [0.2, 0.25) is 10.0 Å². The lowest BCUT2D eigenvalue weighted by molar-refractivity contribution is -0.139. The molecule has 0 saturated heterocycles. The van der Waals surface area contributed by atoms with Crippen LogP contribution in [0.5, 0.6) is 0 Å². The maximum atomic E-state index is 13.5. The molecule has 0 aliphatic carbocycles. The van der Waals surface area contributed by atoms with Crippen LogP contribution in [0.4, 0.5) is 4.39 Å². The van der Waals surface area contributed by atoms with Crippen molar-refractivity contribution in [2.45, 2.75) is 31.6 Å². The van der Waals surface area contributed by atoms with E-state index in [2.05, 4.69) is 4.72 Å². The van der Waals surface area contributed by atoms with Gasteiger partial charge in [-0.05, 0) is 24.6 Å². The third-order valence-electron chi connectivity index (χ3n) is 2.55. The Hall–Kier alpha value is -1.18. The Morgan fingerprint density at radius 2 is 2.15 bits per heavy atom. The van der Waals surface area contributed by atoms with Gasteiger partial charge in [-0.3, -0.25) is 4.79 Å². The van der Waals surface area contributed by atoms with Crippen molar-refractivity contribution in [1.29, 1.82) is 0 Å². The van der Waals surface area contributed by atoms with Crippen molar-refractivity contribution in [2.75, 3.05) is 0 Å². The minimum atomic E-state index is -3.97. The molecule has 0 heterocycles. The van der Waals surface area contributed by atoms with Crippen LogP contribution in [-0.4, -0.2) is 25.5 Å². The average Bonchev–Trinajstić information content (AvgIpc) is 2.32. The summed E-state index contributed by atoms with van der Waals surface area (Å²) in [5.74, 6) is -2.63. The summed E-state index contributed by atoms with van der Waals surface area (Å²) in [6.45, 7) is 1.74. The number of aliphatic carboxylic acids is 1. The fraction of sp³-hybridized carbons (Fsp3) is 0.417. The number of hydrogen-bond donors (Lipinski definition) is 2. The van der Waals surface area contributed by atoms with E-state index in [0.29, 0.717) is 6.42 Å². The smallest absolute Gasteiger partial charge is 0.321 e. The predicted octanol–water partition coefficient (Wildman–Crippen LogP) is 2.15. The Balaban J connectivity index is 2.89. The molecule has 0 aliphatic heterocycles. The van der Waals surface area contributed by atoms with E-state index in [0.717, 1.165) is 6.07 Å². The highest BCUT2D eigenvalue weighted by Gasteiger charge is 2.24. The molecule has 0 bridgehead atoms. The molecule has 8 heteroatoms. The van der Waals surface area contributed by atoms with E-state index in [-0.39, 0.29) is 17.0 Å². The second-order valence-electron chi connectivity index (χ2n) is 4.29. The molecule has 0 aromatic heterocycles. The Kier molecular flexibility index (Phi) is 5.91. The normalized spacial score (nSPS) is 13.2. The Morgan fingerprint density at radius 3 is 2.70 bits per heavy atom. The minimum Gasteiger partial charge on any atom is -0.480 e. The highest BCUT2D eigenvalue weighted by Crippen LogP contribution is 2.17. The molecular weight excluding hydrogens is 309 g/mol. The number of rotatable bonds is 7. The second-order valence-corrected chi connectivity index (χ2v) is 6.48. The highest BCUT2D eigenvalue weighted by atomic mass is 35.5. The lowest BCUT2D eigenvalue weighted by atomic mass is 10.2. The zero-order valence-electron chi connectivity index (χ0n) is 10.8. The maximum Gasteiger partial charge on any atom is 0.321 e. The number of hydrogen-bond acceptors (Lipinski definition) is 3. The van der Waals surface area contributed by atoms with E-state index in [9.17, 15) is 17.6 Å². The largest absolute Gasteiger partial charge is 0.480 e. The Labute approximate surface area is 121 Å². The van der Waals surface area contributed by atoms with Gasteiger partial charge in [0.1, 0.15) is 11.9 Å². The van der Waals surface area contributed by atoms with Crippen LogP contribution in [0.2, 0.25) is 5.02 Å². The first-order valence-corrected chi connectivity index (χ1v) is 7.95. The molecule has 5 nitrogen and oxygen atoms in total. The molecule has 1 aromatic rings. The van der Waals surface area contributed by atoms with Crippen LogP contribution in [0.25, 0.3) is 0 Å². The SMILES string of the molecule is CCCC(NS(=O)(=O)Cc1cc(Cl)ccc1F)C(=O)O. The topological polar surface area (TPSA) is 83.5 Å².